The average molecular weight is 228 g/mol. The van der Waals surface area contributed by atoms with Crippen molar-refractivity contribution in [1.29, 1.82) is 0 Å². The summed E-state index contributed by atoms with van der Waals surface area (Å²) in [4.78, 5) is 12.4. The van der Waals surface area contributed by atoms with Crippen LogP contribution >= 0.6 is 0 Å². The Hall–Kier alpha value is -1.81. The van der Waals surface area contributed by atoms with E-state index in [4.69, 9.17) is 0 Å². The Morgan fingerprint density at radius 2 is 2.06 bits per heavy atom. The van der Waals surface area contributed by atoms with Crippen LogP contribution < -0.4 is 5.32 Å². The second kappa shape index (κ2) is 6.06. The van der Waals surface area contributed by atoms with E-state index in [2.05, 4.69) is 20.3 Å². The Morgan fingerprint density at radius 1 is 1.24 bits per heavy atom. The second-order valence-electron chi connectivity index (χ2n) is 3.87. The molecule has 2 aromatic heterocycles. The Morgan fingerprint density at radius 3 is 2.71 bits per heavy atom. The molecule has 0 saturated carbocycles. The zero-order chi connectivity index (χ0) is 11.9. The largest absolute Gasteiger partial charge is 0.313 e. The molecule has 4 nitrogen and oxygen atoms in total. The molecule has 2 heterocycles. The molecule has 0 amide bonds. The first-order valence-electron chi connectivity index (χ1n) is 5.72. The van der Waals surface area contributed by atoms with Gasteiger partial charge in [0.25, 0.3) is 0 Å². The highest BCUT2D eigenvalue weighted by atomic mass is 14.9. The molecule has 2 aromatic rings. The monoisotopic (exact) mass is 228 g/mol. The molecule has 0 spiro atoms. The molecule has 0 aliphatic rings. The summed E-state index contributed by atoms with van der Waals surface area (Å²) in [6.45, 7) is 0. The molecule has 0 bridgehead atoms. The van der Waals surface area contributed by atoms with E-state index in [0.717, 1.165) is 24.1 Å². The van der Waals surface area contributed by atoms with Crippen molar-refractivity contribution in [1.82, 2.24) is 20.3 Å². The highest BCUT2D eigenvalue weighted by molar-refractivity contribution is 5.10. The van der Waals surface area contributed by atoms with Crippen molar-refractivity contribution in [3.05, 3.63) is 54.4 Å². The molecule has 1 N–H and O–H groups in total. The summed E-state index contributed by atoms with van der Waals surface area (Å²) in [5, 5.41) is 3.28. The number of pyridine rings is 1. The summed E-state index contributed by atoms with van der Waals surface area (Å²) >= 11 is 0. The molecule has 1 unspecified atom stereocenters. The van der Waals surface area contributed by atoms with E-state index in [1.165, 1.54) is 0 Å². The highest BCUT2D eigenvalue weighted by Gasteiger charge is 2.09. The predicted octanol–water partition coefficient (Wildman–Crippen LogP) is 1.76. The Kier molecular flexibility index (Phi) is 4.16. The van der Waals surface area contributed by atoms with Crippen LogP contribution in [0.5, 0.6) is 0 Å². The second-order valence-corrected chi connectivity index (χ2v) is 3.87. The van der Waals surface area contributed by atoms with Gasteiger partial charge in [-0.2, -0.15) is 0 Å². The van der Waals surface area contributed by atoms with Crippen molar-refractivity contribution in [2.75, 3.05) is 7.05 Å². The fourth-order valence-corrected chi connectivity index (χ4v) is 1.81. The predicted molar refractivity (Wildman–Crippen MR) is 66.4 cm³/mol. The van der Waals surface area contributed by atoms with E-state index < -0.39 is 0 Å². The minimum atomic E-state index is 0.276. The fraction of sp³-hybridized carbons (Fsp3) is 0.308. The van der Waals surface area contributed by atoms with Crippen LogP contribution in [-0.2, 0) is 6.42 Å². The lowest BCUT2D eigenvalue weighted by Gasteiger charge is -2.15. The van der Waals surface area contributed by atoms with Gasteiger partial charge in [0.1, 0.15) is 6.33 Å². The molecule has 88 valence electrons. The molecule has 0 saturated heterocycles. The minimum Gasteiger partial charge on any atom is -0.313 e. The first-order chi connectivity index (χ1) is 8.40. The van der Waals surface area contributed by atoms with Crippen LogP contribution in [0.25, 0.3) is 0 Å². The molecular formula is C13H16N4. The number of nitrogens with one attached hydrogen (secondary N) is 1. The molecule has 0 fully saturated rings. The Labute approximate surface area is 101 Å². The molecule has 4 heteroatoms. The van der Waals surface area contributed by atoms with Gasteiger partial charge in [0, 0.05) is 35.9 Å². The van der Waals surface area contributed by atoms with Crippen molar-refractivity contribution in [3.63, 3.8) is 0 Å². The molecular weight excluding hydrogens is 212 g/mol. The maximum atomic E-state index is 4.32. The zero-order valence-corrected chi connectivity index (χ0v) is 9.87. The number of rotatable bonds is 5. The van der Waals surface area contributed by atoms with Crippen LogP contribution in [0.4, 0.5) is 0 Å². The first-order valence-corrected chi connectivity index (χ1v) is 5.72. The molecule has 0 aliphatic heterocycles. The summed E-state index contributed by atoms with van der Waals surface area (Å²) in [7, 11) is 1.95. The summed E-state index contributed by atoms with van der Waals surface area (Å²) in [5.41, 5.74) is 2.23. The van der Waals surface area contributed by atoms with Crippen LogP contribution in [-0.4, -0.2) is 22.0 Å². The van der Waals surface area contributed by atoms with Crippen LogP contribution in [0.2, 0.25) is 0 Å². The van der Waals surface area contributed by atoms with Crippen molar-refractivity contribution >= 4 is 0 Å². The van der Waals surface area contributed by atoms with Crippen molar-refractivity contribution in [2.24, 2.45) is 0 Å². The lowest BCUT2D eigenvalue weighted by Crippen LogP contribution is -2.17. The van der Waals surface area contributed by atoms with Crippen LogP contribution in [0.3, 0.4) is 0 Å². The summed E-state index contributed by atoms with van der Waals surface area (Å²) in [6, 6.07) is 6.28. The Bertz CT molecular complexity index is 430. The lowest BCUT2D eigenvalue weighted by atomic mass is 10.0. The maximum Gasteiger partial charge on any atom is 0.115 e. The third-order valence-corrected chi connectivity index (χ3v) is 2.75. The maximum absolute atomic E-state index is 4.32. The normalized spacial score (nSPS) is 12.3. The van der Waals surface area contributed by atoms with Gasteiger partial charge in [0.15, 0.2) is 0 Å². The SMILES string of the molecule is CNC(CCc1ccccn1)c1cncnc1. The van der Waals surface area contributed by atoms with Gasteiger partial charge in [-0.3, -0.25) is 4.98 Å². The quantitative estimate of drug-likeness (QED) is 0.847. The molecule has 17 heavy (non-hydrogen) atoms. The topological polar surface area (TPSA) is 50.7 Å². The van der Waals surface area contributed by atoms with E-state index in [1.54, 1.807) is 6.33 Å². The molecule has 0 aromatic carbocycles. The Balaban J connectivity index is 1.97. The number of hydrogen-bond acceptors (Lipinski definition) is 4. The van der Waals surface area contributed by atoms with Gasteiger partial charge in [-0.05, 0) is 32.0 Å². The molecule has 2 rings (SSSR count). The van der Waals surface area contributed by atoms with Crippen LogP contribution in [0, 0.1) is 0 Å². The lowest BCUT2D eigenvalue weighted by molar-refractivity contribution is 0.542. The van der Waals surface area contributed by atoms with Gasteiger partial charge in [0.05, 0.1) is 0 Å². The van der Waals surface area contributed by atoms with Crippen LogP contribution in [0.15, 0.2) is 43.1 Å². The van der Waals surface area contributed by atoms with Gasteiger partial charge < -0.3 is 5.32 Å². The third kappa shape index (κ3) is 3.32. The van der Waals surface area contributed by atoms with Gasteiger partial charge in [0.2, 0.25) is 0 Å². The number of aromatic nitrogens is 3. The smallest absolute Gasteiger partial charge is 0.115 e. The number of nitrogens with zero attached hydrogens (tertiary/aromatic N) is 3. The number of aryl methyl sites for hydroxylation is 1. The van der Waals surface area contributed by atoms with Crippen LogP contribution in [0.1, 0.15) is 23.7 Å². The van der Waals surface area contributed by atoms with Crippen molar-refractivity contribution < 1.29 is 0 Å². The molecule has 0 aliphatic carbocycles. The molecule has 0 radical (unpaired) electrons. The summed E-state index contributed by atoms with van der Waals surface area (Å²) in [6.07, 6.45) is 9.02. The highest BCUT2D eigenvalue weighted by Crippen LogP contribution is 2.16. The minimum absolute atomic E-state index is 0.276. The number of hydrogen-bond donors (Lipinski definition) is 1. The summed E-state index contributed by atoms with van der Waals surface area (Å²) in [5.74, 6) is 0. The first kappa shape index (κ1) is 11.7. The third-order valence-electron chi connectivity index (χ3n) is 2.75. The standard InChI is InChI=1S/C13H16N4/c1-14-13(11-8-15-10-16-9-11)6-5-12-4-2-3-7-17-12/h2-4,7-10,13-14H,5-6H2,1H3. The average Bonchev–Trinajstić information content (AvgIpc) is 2.42. The fourth-order valence-electron chi connectivity index (χ4n) is 1.81. The van der Waals surface area contributed by atoms with Gasteiger partial charge >= 0.3 is 0 Å². The van der Waals surface area contributed by atoms with Crippen molar-refractivity contribution in [3.8, 4) is 0 Å². The van der Waals surface area contributed by atoms with E-state index >= 15 is 0 Å². The van der Waals surface area contributed by atoms with Gasteiger partial charge in [-0.1, -0.05) is 6.07 Å². The van der Waals surface area contributed by atoms with Crippen molar-refractivity contribution in [2.45, 2.75) is 18.9 Å². The van der Waals surface area contributed by atoms with E-state index in [-0.39, 0.29) is 6.04 Å². The van der Waals surface area contributed by atoms with E-state index in [1.807, 2.05) is 43.8 Å². The summed E-state index contributed by atoms with van der Waals surface area (Å²) < 4.78 is 0. The van der Waals surface area contributed by atoms with E-state index in [0.29, 0.717) is 0 Å². The van der Waals surface area contributed by atoms with E-state index in [9.17, 15) is 0 Å². The van der Waals surface area contributed by atoms with Gasteiger partial charge in [-0.15, -0.1) is 0 Å². The molecule has 1 atom stereocenters. The van der Waals surface area contributed by atoms with Gasteiger partial charge in [-0.25, -0.2) is 9.97 Å². The zero-order valence-electron chi connectivity index (χ0n) is 9.87.